The molecule has 6 rings (SSSR count). The molecule has 0 amide bonds. The minimum absolute atomic E-state index is 0.179. The van der Waals surface area contributed by atoms with Gasteiger partial charge in [0.2, 0.25) is 0 Å². The Hall–Kier alpha value is -3.85. The number of ether oxygens (including phenoxy) is 1. The van der Waals surface area contributed by atoms with E-state index in [0.717, 1.165) is 56.9 Å². The smallest absolute Gasteiger partial charge is 0.163 e. The van der Waals surface area contributed by atoms with Crippen LogP contribution in [-0.4, -0.2) is 60.5 Å². The lowest BCUT2D eigenvalue weighted by Gasteiger charge is -2.34. The summed E-state index contributed by atoms with van der Waals surface area (Å²) in [5, 5.41) is 5.38. The fraction of sp³-hybridized carbons (Fsp3) is 0.292. The molecule has 0 radical (unpaired) electrons. The number of aromatic nitrogens is 7. The zero-order valence-electron chi connectivity index (χ0n) is 18.8. The number of rotatable bonds is 3. The summed E-state index contributed by atoms with van der Waals surface area (Å²) in [5.74, 6) is 1.49. The molecule has 1 aliphatic heterocycles. The van der Waals surface area contributed by atoms with Gasteiger partial charge in [-0.25, -0.2) is 19.9 Å². The van der Waals surface area contributed by atoms with Gasteiger partial charge in [-0.1, -0.05) is 0 Å². The Bertz CT molecular complexity index is 1470. The molecule has 1 fully saturated rings. The lowest BCUT2D eigenvalue weighted by atomic mass is 10.1. The van der Waals surface area contributed by atoms with Gasteiger partial charge in [0, 0.05) is 36.9 Å². The molecule has 9 heteroatoms. The summed E-state index contributed by atoms with van der Waals surface area (Å²) in [6.45, 7) is 6.25. The maximum atomic E-state index is 5.69. The number of H-pyrrole nitrogens is 1. The van der Waals surface area contributed by atoms with Gasteiger partial charge in [-0.15, -0.1) is 0 Å². The molecule has 5 aromatic rings. The Morgan fingerprint density at radius 3 is 2.85 bits per heavy atom. The molecule has 0 aromatic carbocycles. The van der Waals surface area contributed by atoms with E-state index in [2.05, 4.69) is 26.9 Å². The molecular formula is C24H24N8O. The fourth-order valence-corrected chi connectivity index (χ4v) is 4.56. The summed E-state index contributed by atoms with van der Waals surface area (Å²) in [6.07, 6.45) is 5.53. The lowest BCUT2D eigenvalue weighted by Crippen LogP contribution is -2.44. The third kappa shape index (κ3) is 3.23. The molecule has 0 bridgehead atoms. The first-order valence-electron chi connectivity index (χ1n) is 11.0. The average molecular weight is 441 g/mol. The third-order valence-electron chi connectivity index (χ3n) is 6.23. The number of aryl methyl sites for hydroxylation is 2. The lowest BCUT2D eigenvalue weighted by molar-refractivity contribution is 0.0987. The molecule has 0 spiro atoms. The van der Waals surface area contributed by atoms with E-state index in [0.29, 0.717) is 19.0 Å². The quantitative estimate of drug-likeness (QED) is 0.458. The van der Waals surface area contributed by atoms with Crippen molar-refractivity contribution in [2.45, 2.75) is 19.9 Å². The van der Waals surface area contributed by atoms with Crippen molar-refractivity contribution >= 4 is 27.9 Å². The van der Waals surface area contributed by atoms with Crippen LogP contribution in [0.3, 0.4) is 0 Å². The maximum Gasteiger partial charge on any atom is 0.163 e. The van der Waals surface area contributed by atoms with Crippen molar-refractivity contribution in [1.29, 1.82) is 0 Å². The Morgan fingerprint density at radius 1 is 1.12 bits per heavy atom. The van der Waals surface area contributed by atoms with Gasteiger partial charge < -0.3 is 14.6 Å². The number of fused-ring (bicyclic) bond motifs is 2. The second kappa shape index (κ2) is 7.63. The number of aromatic amines is 1. The molecule has 166 valence electrons. The minimum atomic E-state index is 0.179. The summed E-state index contributed by atoms with van der Waals surface area (Å²) < 4.78 is 7.55. The molecule has 5 aromatic heterocycles. The molecule has 0 saturated carbocycles. The fourth-order valence-electron chi connectivity index (χ4n) is 4.56. The molecule has 33 heavy (non-hydrogen) atoms. The summed E-state index contributed by atoms with van der Waals surface area (Å²) in [7, 11) is 1.93. The second-order valence-electron chi connectivity index (χ2n) is 8.45. The van der Waals surface area contributed by atoms with Gasteiger partial charge in [0.05, 0.1) is 42.4 Å². The monoisotopic (exact) mass is 440 g/mol. The van der Waals surface area contributed by atoms with Crippen LogP contribution in [0.25, 0.3) is 44.8 Å². The van der Waals surface area contributed by atoms with E-state index in [1.165, 1.54) is 0 Å². The van der Waals surface area contributed by atoms with Crippen LogP contribution >= 0.6 is 0 Å². The summed E-state index contributed by atoms with van der Waals surface area (Å²) in [5.41, 5.74) is 6.27. The molecular weight excluding hydrogens is 416 g/mol. The molecule has 0 unspecified atom stereocenters. The van der Waals surface area contributed by atoms with E-state index in [9.17, 15) is 0 Å². The van der Waals surface area contributed by atoms with Gasteiger partial charge in [-0.3, -0.25) is 4.68 Å². The van der Waals surface area contributed by atoms with Crippen LogP contribution in [0.4, 0.5) is 5.82 Å². The number of pyridine rings is 2. The van der Waals surface area contributed by atoms with Gasteiger partial charge in [-0.2, -0.15) is 5.10 Å². The standard InChI is InChI=1S/C24H24N8O/c1-14-12-27-31(3)21(14)19-5-4-18-20(28-19)24(32-10-11-33-13-15(32)2)30-23(29-18)17-7-9-26-22-16(17)6-8-25-22/h4-9,12,15H,10-11,13H2,1-3H3,(H,25,26)/t15-/m1/s1. The van der Waals surface area contributed by atoms with Gasteiger partial charge in [0.1, 0.15) is 11.2 Å². The molecule has 0 aliphatic carbocycles. The summed E-state index contributed by atoms with van der Waals surface area (Å²) in [4.78, 5) is 24.9. The predicted molar refractivity (Wildman–Crippen MR) is 127 cm³/mol. The van der Waals surface area contributed by atoms with E-state index in [-0.39, 0.29) is 6.04 Å². The SMILES string of the molecule is Cc1cnn(C)c1-c1ccc2nc(-c3ccnc4[nH]ccc34)nc(N3CCOC[C@H]3C)c2n1. The van der Waals surface area contributed by atoms with Crippen LogP contribution in [0.1, 0.15) is 12.5 Å². The Labute approximate surface area is 190 Å². The van der Waals surface area contributed by atoms with Crippen molar-refractivity contribution in [3.05, 3.63) is 48.4 Å². The normalized spacial score (nSPS) is 16.7. The van der Waals surface area contributed by atoms with E-state index in [1.54, 1.807) is 6.20 Å². The second-order valence-corrected chi connectivity index (χ2v) is 8.45. The number of hydrogen-bond acceptors (Lipinski definition) is 7. The van der Waals surface area contributed by atoms with E-state index in [4.69, 9.17) is 19.7 Å². The van der Waals surface area contributed by atoms with E-state index >= 15 is 0 Å². The van der Waals surface area contributed by atoms with Gasteiger partial charge in [0.25, 0.3) is 0 Å². The number of nitrogens with one attached hydrogen (secondary N) is 1. The van der Waals surface area contributed by atoms with Crippen molar-refractivity contribution < 1.29 is 4.74 Å². The van der Waals surface area contributed by atoms with Gasteiger partial charge in [-0.05, 0) is 43.7 Å². The molecule has 1 N–H and O–H groups in total. The van der Waals surface area contributed by atoms with Crippen LogP contribution < -0.4 is 4.90 Å². The topological polar surface area (TPSA) is 97.6 Å². The number of hydrogen-bond donors (Lipinski definition) is 1. The van der Waals surface area contributed by atoms with Crippen LogP contribution in [-0.2, 0) is 11.8 Å². The highest BCUT2D eigenvalue weighted by atomic mass is 16.5. The van der Waals surface area contributed by atoms with Crippen LogP contribution in [0.2, 0.25) is 0 Å². The summed E-state index contributed by atoms with van der Waals surface area (Å²) in [6, 6.07) is 8.19. The van der Waals surface area contributed by atoms with Crippen molar-refractivity contribution in [3.63, 3.8) is 0 Å². The first-order chi connectivity index (χ1) is 16.1. The Kier molecular flexibility index (Phi) is 4.58. The molecule has 6 heterocycles. The summed E-state index contributed by atoms with van der Waals surface area (Å²) >= 11 is 0. The third-order valence-corrected chi connectivity index (χ3v) is 6.23. The highest BCUT2D eigenvalue weighted by Gasteiger charge is 2.25. The largest absolute Gasteiger partial charge is 0.377 e. The van der Waals surface area contributed by atoms with E-state index < -0.39 is 0 Å². The number of nitrogens with zero attached hydrogens (tertiary/aromatic N) is 7. The van der Waals surface area contributed by atoms with Crippen LogP contribution in [0, 0.1) is 6.92 Å². The number of anilines is 1. The molecule has 1 aliphatic rings. The molecule has 1 atom stereocenters. The van der Waals surface area contributed by atoms with Crippen LogP contribution in [0.5, 0.6) is 0 Å². The zero-order valence-corrected chi connectivity index (χ0v) is 18.8. The highest BCUT2D eigenvalue weighted by Crippen LogP contribution is 2.33. The Morgan fingerprint density at radius 2 is 2.03 bits per heavy atom. The van der Waals surface area contributed by atoms with Gasteiger partial charge >= 0.3 is 0 Å². The van der Waals surface area contributed by atoms with Gasteiger partial charge in [0.15, 0.2) is 11.6 Å². The first kappa shape index (κ1) is 19.8. The molecule has 9 nitrogen and oxygen atoms in total. The van der Waals surface area contributed by atoms with Crippen molar-refractivity contribution in [2.75, 3.05) is 24.7 Å². The molecule has 1 saturated heterocycles. The zero-order chi connectivity index (χ0) is 22.5. The van der Waals surface area contributed by atoms with Crippen molar-refractivity contribution in [2.24, 2.45) is 7.05 Å². The van der Waals surface area contributed by atoms with Crippen molar-refractivity contribution in [1.82, 2.24) is 34.7 Å². The van der Waals surface area contributed by atoms with E-state index in [1.807, 2.05) is 55.3 Å². The first-order valence-corrected chi connectivity index (χ1v) is 11.0. The highest BCUT2D eigenvalue weighted by molar-refractivity contribution is 5.94. The minimum Gasteiger partial charge on any atom is -0.377 e. The van der Waals surface area contributed by atoms with Crippen LogP contribution in [0.15, 0.2) is 42.9 Å². The van der Waals surface area contributed by atoms with Crippen molar-refractivity contribution in [3.8, 4) is 22.8 Å². The predicted octanol–water partition coefficient (Wildman–Crippen LogP) is 3.50. The Balaban J connectivity index is 1.60. The maximum absolute atomic E-state index is 5.69. The average Bonchev–Trinajstić information content (AvgIpc) is 3.44. The number of morpholine rings is 1.